The average Bonchev–Trinajstić information content (AvgIpc) is 2.44. The first kappa shape index (κ1) is 11.6. The number of carbonyl (C=O) groups is 1. The molecule has 0 radical (unpaired) electrons. The van der Waals surface area contributed by atoms with Gasteiger partial charge in [0.15, 0.2) is 0 Å². The van der Waals surface area contributed by atoms with Crippen molar-refractivity contribution in [3.8, 4) is 0 Å². The lowest BCUT2D eigenvalue weighted by Gasteiger charge is -2.06. The van der Waals surface area contributed by atoms with Crippen LogP contribution in [-0.4, -0.2) is 23.0 Å². The second-order valence-electron chi connectivity index (χ2n) is 4.33. The van der Waals surface area contributed by atoms with Crippen LogP contribution in [0.15, 0.2) is 36.4 Å². The highest BCUT2D eigenvalue weighted by atomic mass is 16.5. The summed E-state index contributed by atoms with van der Waals surface area (Å²) in [6, 6.07) is 11.2. The highest BCUT2D eigenvalue weighted by Crippen LogP contribution is 2.21. The van der Waals surface area contributed by atoms with E-state index in [-0.39, 0.29) is 0 Å². The van der Waals surface area contributed by atoms with E-state index in [4.69, 9.17) is 4.74 Å². The summed E-state index contributed by atoms with van der Waals surface area (Å²) in [6.07, 6.45) is 0. The summed E-state index contributed by atoms with van der Waals surface area (Å²) in [7, 11) is 1.36. The Hall–Kier alpha value is -2.49. The number of hydrogen-bond donors (Lipinski definition) is 0. The first-order valence-electron chi connectivity index (χ1n) is 5.95. The Morgan fingerprint density at radius 2 is 1.68 bits per heavy atom. The Labute approximate surface area is 110 Å². The monoisotopic (exact) mass is 252 g/mol. The van der Waals surface area contributed by atoms with Crippen LogP contribution in [0, 0.1) is 6.92 Å². The van der Waals surface area contributed by atoms with Crippen molar-refractivity contribution in [2.24, 2.45) is 0 Å². The van der Waals surface area contributed by atoms with E-state index in [1.807, 2.05) is 31.2 Å². The fraction of sp³-hybridized carbons (Fsp3) is 0.133. The minimum absolute atomic E-state index is 0.396. The zero-order valence-electron chi connectivity index (χ0n) is 10.7. The van der Waals surface area contributed by atoms with Gasteiger partial charge in [0.05, 0.1) is 29.2 Å². The van der Waals surface area contributed by atoms with Crippen LogP contribution < -0.4 is 0 Å². The third kappa shape index (κ3) is 1.81. The van der Waals surface area contributed by atoms with Gasteiger partial charge in [0.2, 0.25) is 0 Å². The van der Waals surface area contributed by atoms with Gasteiger partial charge in [-0.3, -0.25) is 0 Å². The molecule has 0 atom stereocenters. The van der Waals surface area contributed by atoms with Crippen LogP contribution >= 0.6 is 0 Å². The zero-order chi connectivity index (χ0) is 13.4. The largest absolute Gasteiger partial charge is 0.465 e. The smallest absolute Gasteiger partial charge is 0.340 e. The number of para-hydroxylation sites is 2. The average molecular weight is 252 g/mol. The van der Waals surface area contributed by atoms with Crippen molar-refractivity contribution in [2.45, 2.75) is 6.92 Å². The summed E-state index contributed by atoms with van der Waals surface area (Å²) in [5.74, 6) is -0.396. The molecule has 0 saturated heterocycles. The maximum Gasteiger partial charge on any atom is 0.340 e. The van der Waals surface area contributed by atoms with E-state index >= 15 is 0 Å². The molecular formula is C15H12N2O2. The Morgan fingerprint density at radius 3 is 2.42 bits per heavy atom. The lowest BCUT2D eigenvalue weighted by molar-refractivity contribution is 0.0603. The molecule has 1 heterocycles. The molecule has 0 amide bonds. The van der Waals surface area contributed by atoms with E-state index in [2.05, 4.69) is 9.97 Å². The Bertz CT molecular complexity index is 797. The summed E-state index contributed by atoms with van der Waals surface area (Å²) in [5.41, 5.74) is 4.39. The van der Waals surface area contributed by atoms with Gasteiger partial charge in [0, 0.05) is 0 Å². The number of methoxy groups -OCH3 is 1. The zero-order valence-corrected chi connectivity index (χ0v) is 10.7. The van der Waals surface area contributed by atoms with Crippen molar-refractivity contribution in [3.05, 3.63) is 47.5 Å². The normalized spacial score (nSPS) is 10.8. The number of rotatable bonds is 1. The van der Waals surface area contributed by atoms with Gasteiger partial charge in [-0.15, -0.1) is 0 Å². The number of aromatic nitrogens is 2. The number of ether oxygens (including phenoxy) is 1. The molecule has 0 saturated carbocycles. The SMILES string of the molecule is COC(=O)c1cccc2nc3cccc(C)c3nc12. The quantitative estimate of drug-likeness (QED) is 0.493. The molecule has 1 aromatic heterocycles. The van der Waals surface area contributed by atoms with Gasteiger partial charge in [-0.1, -0.05) is 18.2 Å². The van der Waals surface area contributed by atoms with Crippen LogP contribution in [0.4, 0.5) is 0 Å². The molecule has 0 N–H and O–H groups in total. The predicted octanol–water partition coefficient (Wildman–Crippen LogP) is 2.88. The van der Waals surface area contributed by atoms with Crippen LogP contribution in [0.3, 0.4) is 0 Å². The van der Waals surface area contributed by atoms with Crippen molar-refractivity contribution in [1.82, 2.24) is 9.97 Å². The van der Waals surface area contributed by atoms with Crippen molar-refractivity contribution in [1.29, 1.82) is 0 Å². The van der Waals surface area contributed by atoms with Gasteiger partial charge in [-0.05, 0) is 30.7 Å². The lowest BCUT2D eigenvalue weighted by Crippen LogP contribution is -2.04. The molecule has 0 aliphatic heterocycles. The Morgan fingerprint density at radius 1 is 1.00 bits per heavy atom. The van der Waals surface area contributed by atoms with Crippen molar-refractivity contribution < 1.29 is 9.53 Å². The van der Waals surface area contributed by atoms with E-state index in [1.54, 1.807) is 12.1 Å². The molecule has 94 valence electrons. The number of nitrogens with zero attached hydrogens (tertiary/aromatic N) is 2. The fourth-order valence-corrected chi connectivity index (χ4v) is 2.13. The maximum absolute atomic E-state index is 11.8. The molecule has 3 aromatic rings. The van der Waals surface area contributed by atoms with E-state index in [0.717, 1.165) is 16.6 Å². The molecule has 2 aromatic carbocycles. The molecule has 0 bridgehead atoms. The van der Waals surface area contributed by atoms with Crippen molar-refractivity contribution in [3.63, 3.8) is 0 Å². The van der Waals surface area contributed by atoms with Crippen LogP contribution in [0.25, 0.3) is 22.1 Å². The predicted molar refractivity (Wildman–Crippen MR) is 73.1 cm³/mol. The second kappa shape index (κ2) is 4.31. The summed E-state index contributed by atoms with van der Waals surface area (Å²) in [5, 5.41) is 0. The highest BCUT2D eigenvalue weighted by molar-refractivity contribution is 6.03. The maximum atomic E-state index is 11.8. The van der Waals surface area contributed by atoms with Crippen LogP contribution in [0.2, 0.25) is 0 Å². The van der Waals surface area contributed by atoms with Crippen LogP contribution in [-0.2, 0) is 4.74 Å². The molecule has 0 aliphatic carbocycles. The first-order valence-corrected chi connectivity index (χ1v) is 5.95. The minimum atomic E-state index is -0.396. The number of esters is 1. The third-order valence-corrected chi connectivity index (χ3v) is 3.10. The van der Waals surface area contributed by atoms with Gasteiger partial charge < -0.3 is 4.74 Å². The number of aryl methyl sites for hydroxylation is 1. The van der Waals surface area contributed by atoms with Gasteiger partial charge >= 0.3 is 5.97 Å². The number of hydrogen-bond acceptors (Lipinski definition) is 4. The number of fused-ring (bicyclic) bond motifs is 2. The van der Waals surface area contributed by atoms with Crippen LogP contribution in [0.5, 0.6) is 0 Å². The summed E-state index contributed by atoms with van der Waals surface area (Å²) in [6.45, 7) is 1.98. The minimum Gasteiger partial charge on any atom is -0.465 e. The Kier molecular flexibility index (Phi) is 2.63. The summed E-state index contributed by atoms with van der Waals surface area (Å²) >= 11 is 0. The molecule has 4 heteroatoms. The topological polar surface area (TPSA) is 52.1 Å². The van der Waals surface area contributed by atoms with E-state index < -0.39 is 5.97 Å². The molecule has 0 unspecified atom stereocenters. The molecule has 3 rings (SSSR count). The molecule has 0 aliphatic rings. The third-order valence-electron chi connectivity index (χ3n) is 3.10. The van der Waals surface area contributed by atoms with Gasteiger partial charge in [-0.2, -0.15) is 0 Å². The molecule has 19 heavy (non-hydrogen) atoms. The second-order valence-corrected chi connectivity index (χ2v) is 4.33. The molecule has 4 nitrogen and oxygen atoms in total. The summed E-state index contributed by atoms with van der Waals surface area (Å²) in [4.78, 5) is 20.9. The van der Waals surface area contributed by atoms with E-state index in [9.17, 15) is 4.79 Å². The van der Waals surface area contributed by atoms with E-state index in [0.29, 0.717) is 16.6 Å². The van der Waals surface area contributed by atoms with Crippen LogP contribution in [0.1, 0.15) is 15.9 Å². The lowest BCUT2D eigenvalue weighted by atomic mass is 10.1. The summed E-state index contributed by atoms with van der Waals surface area (Å²) < 4.78 is 4.78. The molecular weight excluding hydrogens is 240 g/mol. The van der Waals surface area contributed by atoms with Gasteiger partial charge in [0.25, 0.3) is 0 Å². The molecule has 0 fully saturated rings. The van der Waals surface area contributed by atoms with Crippen molar-refractivity contribution in [2.75, 3.05) is 7.11 Å². The standard InChI is InChI=1S/C15H12N2O2/c1-9-5-3-7-11-13(9)17-14-10(15(18)19-2)6-4-8-12(14)16-11/h3-8H,1-2H3. The van der Waals surface area contributed by atoms with Gasteiger partial charge in [-0.25, -0.2) is 14.8 Å². The highest BCUT2D eigenvalue weighted by Gasteiger charge is 2.13. The Balaban J connectivity index is 2.43. The molecule has 0 spiro atoms. The van der Waals surface area contributed by atoms with E-state index in [1.165, 1.54) is 7.11 Å². The number of carbonyl (C=O) groups excluding carboxylic acids is 1. The van der Waals surface area contributed by atoms with Gasteiger partial charge in [0.1, 0.15) is 5.52 Å². The first-order chi connectivity index (χ1) is 9.20. The van der Waals surface area contributed by atoms with Crippen molar-refractivity contribution >= 4 is 28.0 Å². The fourth-order valence-electron chi connectivity index (χ4n) is 2.13. The number of benzene rings is 2.